The van der Waals surface area contributed by atoms with Gasteiger partial charge in [0.15, 0.2) is 11.6 Å². The monoisotopic (exact) mass is 593 g/mol. The summed E-state index contributed by atoms with van der Waals surface area (Å²) in [6, 6.07) is 18.2. The van der Waals surface area contributed by atoms with E-state index in [0.717, 1.165) is 15.4 Å². The number of fused-ring (bicyclic) bond motifs is 4. The van der Waals surface area contributed by atoms with Crippen LogP contribution in [-0.2, 0) is 19.2 Å². The largest absolute Gasteiger partial charge is 0.507 e. The van der Waals surface area contributed by atoms with E-state index >= 15 is 0 Å². The molecule has 1 aliphatic heterocycles. The van der Waals surface area contributed by atoms with Crippen LogP contribution < -0.4 is 4.90 Å². The molecule has 6 nitrogen and oxygen atoms in total. The van der Waals surface area contributed by atoms with Crippen LogP contribution in [0.5, 0.6) is 5.75 Å². The van der Waals surface area contributed by atoms with Crippen LogP contribution in [0.25, 0.3) is 10.8 Å². The van der Waals surface area contributed by atoms with Crippen molar-refractivity contribution in [3.63, 3.8) is 0 Å². The number of halogens is 1. The van der Waals surface area contributed by atoms with E-state index in [9.17, 15) is 24.3 Å². The average molecular weight is 594 g/mol. The highest BCUT2D eigenvalue weighted by Gasteiger charge is 2.56. The first-order valence-corrected chi connectivity index (χ1v) is 14.1. The highest BCUT2D eigenvalue weighted by Crippen LogP contribution is 2.56. The van der Waals surface area contributed by atoms with Crippen molar-refractivity contribution in [2.75, 3.05) is 4.90 Å². The molecule has 7 heteroatoms. The van der Waals surface area contributed by atoms with E-state index in [1.165, 1.54) is 11.0 Å². The standard InChI is InChI=1S/C33H24BrNO5/c1-16-14-26(36)25-15-24-21(12-13-23-28(24)33(40)35(32(23)39)19-9-7-18(34)8-10-19)27(29(25)30(16)37)22-11-6-17-4-2-3-5-20(17)31(22)38/h2-12,14,23-24,27-28,38H,13,15H2,1H3. The molecule has 3 aromatic carbocycles. The number of nitrogens with zero attached hydrogens (tertiary/aromatic N) is 1. The molecule has 4 unspecified atom stereocenters. The van der Waals surface area contributed by atoms with E-state index in [2.05, 4.69) is 15.9 Å². The van der Waals surface area contributed by atoms with Crippen molar-refractivity contribution >= 4 is 55.8 Å². The van der Waals surface area contributed by atoms with Crippen molar-refractivity contribution in [3.8, 4) is 5.75 Å². The summed E-state index contributed by atoms with van der Waals surface area (Å²) in [5, 5.41) is 13.0. The van der Waals surface area contributed by atoms with Gasteiger partial charge in [-0.15, -0.1) is 0 Å². The number of rotatable bonds is 2. The zero-order chi connectivity index (χ0) is 27.9. The van der Waals surface area contributed by atoms with Crippen molar-refractivity contribution < 1.29 is 24.3 Å². The number of carbonyl (C=O) groups is 4. The molecule has 0 spiro atoms. The second kappa shape index (κ2) is 8.96. The fraction of sp³-hybridized carbons (Fsp3) is 0.212. The number of imide groups is 1. The van der Waals surface area contributed by atoms with Gasteiger partial charge in [-0.1, -0.05) is 64.0 Å². The third-order valence-corrected chi connectivity index (χ3v) is 9.42. The molecule has 0 radical (unpaired) electrons. The third kappa shape index (κ3) is 3.47. The van der Waals surface area contributed by atoms with Crippen LogP contribution >= 0.6 is 15.9 Å². The lowest BCUT2D eigenvalue weighted by atomic mass is 9.59. The Morgan fingerprint density at radius 3 is 2.42 bits per heavy atom. The quantitative estimate of drug-likeness (QED) is 0.225. The summed E-state index contributed by atoms with van der Waals surface area (Å²) in [6.07, 6.45) is 3.88. The molecule has 1 heterocycles. The minimum atomic E-state index is -0.691. The Morgan fingerprint density at radius 2 is 1.65 bits per heavy atom. The minimum Gasteiger partial charge on any atom is -0.507 e. The van der Waals surface area contributed by atoms with Crippen molar-refractivity contribution in [1.29, 1.82) is 0 Å². The van der Waals surface area contributed by atoms with Gasteiger partial charge in [-0.05, 0) is 61.4 Å². The second-order valence-corrected chi connectivity index (χ2v) is 11.9. The average Bonchev–Trinajstić information content (AvgIpc) is 3.21. The Kier molecular flexibility index (Phi) is 5.58. The summed E-state index contributed by atoms with van der Waals surface area (Å²) < 4.78 is 0.838. The number of anilines is 1. The Hall–Kier alpha value is -4.10. The number of benzene rings is 3. The normalized spacial score (nSPS) is 26.0. The molecule has 0 aromatic heterocycles. The predicted octanol–water partition coefficient (Wildman–Crippen LogP) is 5.94. The predicted molar refractivity (Wildman–Crippen MR) is 154 cm³/mol. The summed E-state index contributed by atoms with van der Waals surface area (Å²) in [5.74, 6) is -3.32. The molecule has 2 amide bonds. The van der Waals surface area contributed by atoms with Crippen molar-refractivity contribution in [2.24, 2.45) is 17.8 Å². The SMILES string of the molecule is CC1=CC(=O)C2=C(C1=O)C(c1ccc3ccccc3c1O)C1=CCC3C(=O)N(c4ccc(Br)cc4)C(=O)C3C1C2. The van der Waals surface area contributed by atoms with Crippen molar-refractivity contribution in [1.82, 2.24) is 0 Å². The Labute approximate surface area is 238 Å². The van der Waals surface area contributed by atoms with Gasteiger partial charge in [-0.3, -0.25) is 24.1 Å². The topological polar surface area (TPSA) is 91.8 Å². The molecule has 3 aromatic rings. The molecular weight excluding hydrogens is 570 g/mol. The van der Waals surface area contributed by atoms with Crippen LogP contribution in [0.15, 0.2) is 99.6 Å². The van der Waals surface area contributed by atoms with Crippen molar-refractivity contribution in [3.05, 3.63) is 105 Å². The maximum absolute atomic E-state index is 14.0. The molecule has 1 N–H and O–H groups in total. The highest BCUT2D eigenvalue weighted by atomic mass is 79.9. The van der Waals surface area contributed by atoms with Gasteiger partial charge in [-0.25, -0.2) is 0 Å². The smallest absolute Gasteiger partial charge is 0.238 e. The van der Waals surface area contributed by atoms with E-state index < -0.39 is 23.7 Å². The molecule has 3 aliphatic carbocycles. The number of amides is 2. The van der Waals surface area contributed by atoms with Gasteiger partial charge in [0.1, 0.15) is 5.75 Å². The molecule has 4 aliphatic rings. The van der Waals surface area contributed by atoms with Crippen LogP contribution in [0.2, 0.25) is 0 Å². The van der Waals surface area contributed by atoms with E-state index in [1.807, 2.05) is 42.5 Å². The number of allylic oxidation sites excluding steroid dienone is 6. The van der Waals surface area contributed by atoms with Gasteiger partial charge in [0.2, 0.25) is 11.8 Å². The number of ketones is 2. The van der Waals surface area contributed by atoms with E-state index in [-0.39, 0.29) is 35.6 Å². The number of phenols is 1. The van der Waals surface area contributed by atoms with Crippen LogP contribution in [0.1, 0.15) is 31.2 Å². The van der Waals surface area contributed by atoms with Gasteiger partial charge in [0.25, 0.3) is 0 Å². The molecule has 1 saturated heterocycles. The number of hydrogen-bond acceptors (Lipinski definition) is 5. The molecule has 7 rings (SSSR count). The minimum absolute atomic E-state index is 0.0522. The van der Waals surface area contributed by atoms with Gasteiger partial charge in [0.05, 0.1) is 17.5 Å². The fourth-order valence-electron chi connectivity index (χ4n) is 7.07. The Bertz CT molecular complexity index is 1780. The molecule has 198 valence electrons. The van der Waals surface area contributed by atoms with Gasteiger partial charge in [-0.2, -0.15) is 0 Å². The number of carbonyl (C=O) groups excluding carboxylic acids is 4. The lowest BCUT2D eigenvalue weighted by Crippen LogP contribution is -2.39. The third-order valence-electron chi connectivity index (χ3n) is 8.89. The second-order valence-electron chi connectivity index (χ2n) is 10.9. The van der Waals surface area contributed by atoms with E-state index in [0.29, 0.717) is 39.8 Å². The van der Waals surface area contributed by atoms with Crippen molar-refractivity contribution in [2.45, 2.75) is 25.7 Å². The van der Waals surface area contributed by atoms with Gasteiger partial charge in [0, 0.05) is 38.1 Å². The molecule has 1 fully saturated rings. The molecule has 0 bridgehead atoms. The lowest BCUT2D eigenvalue weighted by molar-refractivity contribution is -0.123. The maximum atomic E-state index is 14.0. The number of phenolic OH excluding ortho intramolecular Hbond substituents is 1. The van der Waals surface area contributed by atoms with Crippen LogP contribution in [-0.4, -0.2) is 28.5 Å². The first-order valence-electron chi connectivity index (χ1n) is 13.3. The summed E-state index contributed by atoms with van der Waals surface area (Å²) >= 11 is 3.40. The van der Waals surface area contributed by atoms with E-state index in [1.54, 1.807) is 31.2 Å². The number of hydrogen-bond donors (Lipinski definition) is 1. The highest BCUT2D eigenvalue weighted by molar-refractivity contribution is 9.10. The van der Waals surface area contributed by atoms with Gasteiger partial charge >= 0.3 is 0 Å². The molecule has 40 heavy (non-hydrogen) atoms. The van der Waals surface area contributed by atoms with Crippen LogP contribution in [0.3, 0.4) is 0 Å². The summed E-state index contributed by atoms with van der Waals surface area (Å²) in [5.41, 5.74) is 2.96. The summed E-state index contributed by atoms with van der Waals surface area (Å²) in [4.78, 5) is 55.8. The van der Waals surface area contributed by atoms with E-state index in [4.69, 9.17) is 0 Å². The first kappa shape index (κ1) is 24.9. The molecular formula is C33H24BrNO5. The zero-order valence-corrected chi connectivity index (χ0v) is 23.1. The first-order chi connectivity index (χ1) is 19.3. The molecule has 0 saturated carbocycles. The number of aromatic hydroxyl groups is 1. The van der Waals surface area contributed by atoms with Crippen LogP contribution in [0, 0.1) is 17.8 Å². The maximum Gasteiger partial charge on any atom is 0.238 e. The van der Waals surface area contributed by atoms with Crippen LogP contribution in [0.4, 0.5) is 5.69 Å². The fourth-order valence-corrected chi connectivity index (χ4v) is 7.33. The summed E-state index contributed by atoms with van der Waals surface area (Å²) in [6.45, 7) is 1.63. The van der Waals surface area contributed by atoms with Gasteiger partial charge < -0.3 is 5.11 Å². The number of Topliss-reactive ketones (excluding diaryl/α,β-unsaturated/α-hetero) is 1. The summed E-state index contributed by atoms with van der Waals surface area (Å²) in [7, 11) is 0. The molecule has 4 atom stereocenters. The Morgan fingerprint density at radius 1 is 0.900 bits per heavy atom. The zero-order valence-electron chi connectivity index (χ0n) is 21.6. The lowest BCUT2D eigenvalue weighted by Gasteiger charge is -2.42. The Balaban J connectivity index is 1.40.